The van der Waals surface area contributed by atoms with Crippen LogP contribution in [0.4, 0.5) is 0 Å². The van der Waals surface area contributed by atoms with Crippen LogP contribution in [0.15, 0.2) is 41.1 Å². The summed E-state index contributed by atoms with van der Waals surface area (Å²) in [6.45, 7) is 5.42. The molecule has 4 bridgehead atoms. The molecule has 2 fully saturated rings. The first-order valence-corrected chi connectivity index (χ1v) is 19.3. The number of carbonyl (C=O) groups excluding carboxylic acids is 5. The van der Waals surface area contributed by atoms with Crippen LogP contribution >= 0.6 is 22.7 Å². The molecule has 4 heterocycles. The highest BCUT2D eigenvalue weighted by Crippen LogP contribution is 2.31. The Morgan fingerprint density at radius 3 is 2.12 bits per heavy atom. The summed E-state index contributed by atoms with van der Waals surface area (Å²) < 4.78 is 0. The third-order valence-electron chi connectivity index (χ3n) is 9.79. The zero-order valence-corrected chi connectivity index (χ0v) is 30.2. The van der Waals surface area contributed by atoms with Gasteiger partial charge in [-0.15, -0.1) is 22.7 Å². The number of hydrogen-bond donors (Lipinski definition) is 3. The highest BCUT2D eigenvalue weighted by atomic mass is 32.1. The first-order chi connectivity index (χ1) is 24.2. The van der Waals surface area contributed by atoms with Gasteiger partial charge in [0.1, 0.15) is 21.4 Å². The van der Waals surface area contributed by atoms with Gasteiger partial charge in [0.25, 0.3) is 11.8 Å². The lowest BCUT2D eigenvalue weighted by atomic mass is 9.83. The van der Waals surface area contributed by atoms with Crippen molar-refractivity contribution >= 4 is 52.2 Å². The van der Waals surface area contributed by atoms with Crippen molar-refractivity contribution in [1.82, 2.24) is 35.7 Å². The molecule has 5 amide bonds. The lowest BCUT2D eigenvalue weighted by Gasteiger charge is -2.37. The molecule has 1 aromatic carbocycles. The topological polar surface area (TPSA) is 154 Å². The first-order valence-electron chi connectivity index (χ1n) is 17.6. The standard InChI is InChI=1S/C36H45N7O5S2/c1-22(2)30-34-40-27(20-50-34)31(45)37-14-7-15-43(36(48)25-12-16-42(17-13-25)35(47)24-10-6-11-24)19-29(44)38-26(18-23-8-4-3-5-9-23)33-39-28(21-49-33)32(46)41-30/h3-5,8-9,20-22,24-26,30H,6-7,10-19H2,1-2H3,(H,37,45)(H,38,44)(H,41,46)/t26-,30-/m0/s1. The molecule has 1 saturated heterocycles. The predicted molar refractivity (Wildman–Crippen MR) is 190 cm³/mol. The third kappa shape index (κ3) is 8.58. The number of benzene rings is 1. The maximum atomic E-state index is 14.0. The van der Waals surface area contributed by atoms with E-state index in [0.29, 0.717) is 48.8 Å². The summed E-state index contributed by atoms with van der Waals surface area (Å²) in [5.41, 5.74) is 1.48. The van der Waals surface area contributed by atoms with E-state index in [1.54, 1.807) is 15.7 Å². The Balaban J connectivity index is 1.23. The molecule has 6 rings (SSSR count). The highest BCUT2D eigenvalue weighted by molar-refractivity contribution is 7.10. The molecule has 2 aromatic heterocycles. The monoisotopic (exact) mass is 719 g/mol. The molecule has 12 nitrogen and oxygen atoms in total. The van der Waals surface area contributed by atoms with E-state index in [4.69, 9.17) is 0 Å². The number of hydrogen-bond acceptors (Lipinski definition) is 9. The van der Waals surface area contributed by atoms with Gasteiger partial charge >= 0.3 is 0 Å². The van der Waals surface area contributed by atoms with Crippen molar-refractivity contribution in [3.05, 3.63) is 68.1 Å². The summed E-state index contributed by atoms with van der Waals surface area (Å²) in [5, 5.41) is 13.6. The molecule has 3 N–H and O–H groups in total. The van der Waals surface area contributed by atoms with Crippen LogP contribution in [-0.2, 0) is 20.8 Å². The largest absolute Gasteiger partial charge is 0.351 e. The fraction of sp³-hybridized carbons (Fsp3) is 0.528. The van der Waals surface area contributed by atoms with E-state index in [1.165, 1.54) is 22.7 Å². The van der Waals surface area contributed by atoms with Crippen molar-refractivity contribution in [3.63, 3.8) is 0 Å². The second kappa shape index (κ2) is 16.2. The number of likely N-dealkylation sites (tertiary alicyclic amines) is 1. The lowest BCUT2D eigenvalue weighted by Crippen LogP contribution is -2.49. The molecule has 3 aromatic rings. The van der Waals surface area contributed by atoms with Gasteiger partial charge in [0.05, 0.1) is 18.6 Å². The molecule has 14 heteroatoms. The number of thiazole rings is 2. The summed E-state index contributed by atoms with van der Waals surface area (Å²) in [6.07, 6.45) is 4.98. The molecule has 1 aliphatic carbocycles. The van der Waals surface area contributed by atoms with Crippen molar-refractivity contribution in [2.24, 2.45) is 17.8 Å². The lowest BCUT2D eigenvalue weighted by molar-refractivity contribution is -0.145. The van der Waals surface area contributed by atoms with E-state index in [1.807, 2.05) is 49.1 Å². The number of nitrogens with zero attached hydrogens (tertiary/aromatic N) is 4. The van der Waals surface area contributed by atoms with Crippen LogP contribution in [-0.4, -0.2) is 82.0 Å². The minimum absolute atomic E-state index is 0.00247. The van der Waals surface area contributed by atoms with Crippen LogP contribution < -0.4 is 16.0 Å². The van der Waals surface area contributed by atoms with Gasteiger partial charge in [-0.3, -0.25) is 24.0 Å². The molecule has 0 spiro atoms. The Kier molecular flexibility index (Phi) is 11.6. The van der Waals surface area contributed by atoms with Crippen LogP contribution in [0.5, 0.6) is 0 Å². The quantitative estimate of drug-likeness (QED) is 0.359. The molecule has 0 unspecified atom stereocenters. The van der Waals surface area contributed by atoms with Gasteiger partial charge in [-0.25, -0.2) is 9.97 Å². The molecular formula is C36H45N7O5S2. The number of piperidine rings is 1. The van der Waals surface area contributed by atoms with E-state index in [-0.39, 0.29) is 78.3 Å². The Bertz CT molecular complexity index is 1680. The van der Waals surface area contributed by atoms with Crippen LogP contribution in [0.3, 0.4) is 0 Å². The molecule has 50 heavy (non-hydrogen) atoms. The van der Waals surface area contributed by atoms with Gasteiger partial charge < -0.3 is 25.8 Å². The fourth-order valence-corrected chi connectivity index (χ4v) is 8.50. The number of aromatic nitrogens is 2. The van der Waals surface area contributed by atoms with Crippen molar-refractivity contribution < 1.29 is 24.0 Å². The van der Waals surface area contributed by atoms with Crippen molar-refractivity contribution in [3.8, 4) is 0 Å². The van der Waals surface area contributed by atoms with Gasteiger partial charge in [0.15, 0.2) is 0 Å². The van der Waals surface area contributed by atoms with E-state index in [9.17, 15) is 24.0 Å². The summed E-state index contributed by atoms with van der Waals surface area (Å²) >= 11 is 2.62. The molecule has 1 saturated carbocycles. The molecule has 3 aliphatic rings. The summed E-state index contributed by atoms with van der Waals surface area (Å²) in [7, 11) is 0. The number of nitrogens with one attached hydrogen (secondary N) is 3. The Hall–Kier alpha value is -4.17. The van der Waals surface area contributed by atoms with Gasteiger partial charge in [-0.2, -0.15) is 0 Å². The molecule has 2 aliphatic heterocycles. The maximum Gasteiger partial charge on any atom is 0.271 e. The summed E-state index contributed by atoms with van der Waals surface area (Å²) in [6, 6.07) is 8.79. The number of carbonyl (C=O) groups is 5. The Morgan fingerprint density at radius 2 is 1.44 bits per heavy atom. The molecule has 0 radical (unpaired) electrons. The maximum absolute atomic E-state index is 14.0. The average molecular weight is 720 g/mol. The van der Waals surface area contributed by atoms with Crippen molar-refractivity contribution in [2.45, 2.75) is 70.9 Å². The van der Waals surface area contributed by atoms with Crippen molar-refractivity contribution in [1.29, 1.82) is 0 Å². The Morgan fingerprint density at radius 1 is 0.800 bits per heavy atom. The van der Waals surface area contributed by atoms with Gasteiger partial charge in [0.2, 0.25) is 17.7 Å². The van der Waals surface area contributed by atoms with Gasteiger partial charge in [-0.1, -0.05) is 50.6 Å². The normalized spacial score (nSPS) is 21.7. The molecular weight excluding hydrogens is 675 g/mol. The number of amides is 5. The predicted octanol–water partition coefficient (Wildman–Crippen LogP) is 4.13. The van der Waals surface area contributed by atoms with E-state index < -0.39 is 12.1 Å². The minimum atomic E-state index is -0.530. The fourth-order valence-electron chi connectivity index (χ4n) is 6.63. The SMILES string of the molecule is CC(C)[C@@H]1NC(=O)c2csc(n2)[C@H](Cc2ccccc2)NC(=O)CN(C(=O)C2CCN(C(=O)C3CCC3)CC2)CCCNC(=O)c2csc1n2. The van der Waals surface area contributed by atoms with E-state index in [2.05, 4.69) is 25.9 Å². The van der Waals surface area contributed by atoms with Crippen LogP contribution in [0.1, 0.15) is 101 Å². The molecule has 2 atom stereocenters. The number of fused-ring (bicyclic) bond motifs is 4. The average Bonchev–Trinajstić information content (AvgIpc) is 3.78. The second-order valence-corrected chi connectivity index (χ2v) is 15.5. The van der Waals surface area contributed by atoms with Crippen LogP contribution in [0.25, 0.3) is 0 Å². The molecule has 266 valence electrons. The highest BCUT2D eigenvalue weighted by Gasteiger charge is 2.35. The van der Waals surface area contributed by atoms with Crippen LogP contribution in [0.2, 0.25) is 0 Å². The summed E-state index contributed by atoms with van der Waals surface area (Å²) in [5.74, 6) is -1.15. The van der Waals surface area contributed by atoms with Crippen LogP contribution in [0, 0.1) is 17.8 Å². The first kappa shape index (κ1) is 35.6. The third-order valence-corrected chi connectivity index (χ3v) is 11.7. The zero-order valence-electron chi connectivity index (χ0n) is 28.6. The summed E-state index contributed by atoms with van der Waals surface area (Å²) in [4.78, 5) is 79.7. The second-order valence-electron chi connectivity index (χ2n) is 13.7. The van der Waals surface area contributed by atoms with E-state index in [0.717, 1.165) is 24.8 Å². The minimum Gasteiger partial charge on any atom is -0.351 e. The van der Waals surface area contributed by atoms with E-state index >= 15 is 0 Å². The Labute approximate surface area is 300 Å². The van der Waals surface area contributed by atoms with Gasteiger partial charge in [-0.05, 0) is 50.0 Å². The smallest absolute Gasteiger partial charge is 0.271 e. The van der Waals surface area contributed by atoms with Gasteiger partial charge in [0, 0.05) is 48.8 Å². The number of rotatable bonds is 5. The van der Waals surface area contributed by atoms with Crippen molar-refractivity contribution in [2.75, 3.05) is 32.7 Å². The zero-order chi connectivity index (χ0) is 35.2.